The third kappa shape index (κ3) is 6.58. The molecule has 0 saturated carbocycles. The Kier molecular flexibility index (Phi) is 11.1. The average Bonchev–Trinajstić information content (AvgIpc) is 2.76. The highest BCUT2D eigenvalue weighted by molar-refractivity contribution is 7.99. The lowest BCUT2D eigenvalue weighted by molar-refractivity contribution is -0.355. The second-order valence-electron chi connectivity index (χ2n) is 7.60. The smallest absolute Gasteiger partial charge is 0.192 e. The van der Waals surface area contributed by atoms with E-state index in [1.54, 1.807) is 11.8 Å². The summed E-state index contributed by atoms with van der Waals surface area (Å²) in [6.45, 7) is 3.37. The number of hydroxylamine groups is 2. The van der Waals surface area contributed by atoms with Gasteiger partial charge in [-0.25, -0.2) is 0 Å². The van der Waals surface area contributed by atoms with Crippen LogP contribution in [0.15, 0.2) is 0 Å². The van der Waals surface area contributed by atoms with Crippen LogP contribution < -0.4 is 0 Å². The number of thioether (sulfide) groups is 1. The Morgan fingerprint density at radius 3 is 2.42 bits per heavy atom. The van der Waals surface area contributed by atoms with E-state index in [0.29, 0.717) is 6.54 Å². The molecule has 12 heteroatoms. The number of aliphatic hydroxyl groups excluding tert-OH is 5. The fourth-order valence-corrected chi connectivity index (χ4v) is 4.36. The van der Waals surface area contributed by atoms with Gasteiger partial charge in [0.25, 0.3) is 0 Å². The maximum atomic E-state index is 11.7. The first-order valence-electron chi connectivity index (χ1n) is 10.5. The molecule has 0 spiro atoms. The zero-order chi connectivity index (χ0) is 23.1. The summed E-state index contributed by atoms with van der Waals surface area (Å²) < 4.78 is 16.6. The Morgan fingerprint density at radius 1 is 1.10 bits per heavy atom. The summed E-state index contributed by atoms with van der Waals surface area (Å²) in [5, 5.41) is 52.5. The molecule has 0 radical (unpaired) electrons. The van der Waals surface area contributed by atoms with Gasteiger partial charge in [0.1, 0.15) is 42.7 Å². The van der Waals surface area contributed by atoms with Crippen molar-refractivity contribution in [3.63, 3.8) is 0 Å². The number of Topliss-reactive ketones (excluding diaryl/α,β-unsaturated/α-hetero) is 1. The van der Waals surface area contributed by atoms with Gasteiger partial charge in [0, 0.05) is 6.54 Å². The predicted octanol–water partition coefficient (Wildman–Crippen LogP) is -1.76. The quantitative estimate of drug-likeness (QED) is 0.172. The number of ketones is 1. The van der Waals surface area contributed by atoms with Crippen molar-refractivity contribution in [3.05, 3.63) is 0 Å². The third-order valence-electron chi connectivity index (χ3n) is 5.30. The molecule has 182 valence electrons. The van der Waals surface area contributed by atoms with Crippen molar-refractivity contribution in [1.29, 1.82) is 0 Å². The molecular weight excluding hydrogens is 434 g/mol. The summed E-state index contributed by atoms with van der Waals surface area (Å²) >= 11 is 1.80. The number of nitrogens with zero attached hydrogens (tertiary/aromatic N) is 1. The standard InChI is InChI=1S/C19H35NO10S/c1-4-7-31-8-5-6-20(27-3)18-15(25)14(24)17(11(9-21)29-18)30-19-16(26)13(23)12(22)10(2)28-19/h10-11,13-19,21,23-26H,4-9H2,1-3H3/t10?,11?,13?,14?,15?,16?,17-,18-,19+/m1/s1. The van der Waals surface area contributed by atoms with Gasteiger partial charge in [-0.15, -0.1) is 0 Å². The molecule has 2 aliphatic rings. The molecule has 2 saturated heterocycles. The topological polar surface area (TPSA) is 158 Å². The second kappa shape index (κ2) is 12.8. The largest absolute Gasteiger partial charge is 0.394 e. The van der Waals surface area contributed by atoms with E-state index < -0.39 is 67.6 Å². The number of hydrogen-bond donors (Lipinski definition) is 5. The summed E-state index contributed by atoms with van der Waals surface area (Å²) in [5.74, 6) is 1.25. The van der Waals surface area contributed by atoms with E-state index in [9.17, 15) is 30.3 Å². The first-order valence-corrected chi connectivity index (χ1v) is 11.6. The number of carbonyl (C=O) groups is 1. The number of ether oxygens (including phenoxy) is 3. The molecule has 11 nitrogen and oxygen atoms in total. The van der Waals surface area contributed by atoms with Crippen molar-refractivity contribution in [2.45, 2.75) is 81.9 Å². The van der Waals surface area contributed by atoms with Crippen molar-refractivity contribution in [3.8, 4) is 0 Å². The van der Waals surface area contributed by atoms with E-state index in [4.69, 9.17) is 19.0 Å². The first-order chi connectivity index (χ1) is 14.8. The molecule has 0 amide bonds. The Hall–Kier alpha value is -0.380. The van der Waals surface area contributed by atoms with Gasteiger partial charge in [0.05, 0.1) is 13.7 Å². The molecule has 0 aromatic rings. The minimum atomic E-state index is -1.71. The van der Waals surface area contributed by atoms with E-state index >= 15 is 0 Å². The minimum absolute atomic E-state index is 0.432. The number of carbonyl (C=O) groups excluding carboxylic acids is 1. The van der Waals surface area contributed by atoms with Crippen molar-refractivity contribution < 1.29 is 49.4 Å². The molecule has 5 N–H and O–H groups in total. The molecule has 6 unspecified atom stereocenters. The second-order valence-corrected chi connectivity index (χ2v) is 8.83. The molecule has 2 rings (SSSR count). The number of hydrogen-bond acceptors (Lipinski definition) is 12. The minimum Gasteiger partial charge on any atom is -0.394 e. The summed E-state index contributed by atoms with van der Waals surface area (Å²) in [6.07, 6.45) is -10.5. The zero-order valence-corrected chi connectivity index (χ0v) is 18.9. The summed E-state index contributed by atoms with van der Waals surface area (Å²) in [7, 11) is 1.42. The lowest BCUT2D eigenvalue weighted by Gasteiger charge is -2.46. The van der Waals surface area contributed by atoms with Gasteiger partial charge in [-0.05, 0) is 31.3 Å². The molecule has 31 heavy (non-hydrogen) atoms. The lowest BCUT2D eigenvalue weighted by Crippen LogP contribution is -2.65. The van der Waals surface area contributed by atoms with Crippen molar-refractivity contribution >= 4 is 17.5 Å². The number of aliphatic hydroxyl groups is 5. The third-order valence-corrected chi connectivity index (χ3v) is 6.57. The Morgan fingerprint density at radius 2 is 1.81 bits per heavy atom. The van der Waals surface area contributed by atoms with Crippen LogP contribution in [0.25, 0.3) is 0 Å². The van der Waals surface area contributed by atoms with Crippen molar-refractivity contribution in [2.24, 2.45) is 0 Å². The van der Waals surface area contributed by atoms with Crippen LogP contribution in [-0.4, -0.2) is 123 Å². The molecule has 0 aromatic carbocycles. The van der Waals surface area contributed by atoms with Gasteiger partial charge in [0.15, 0.2) is 18.3 Å². The highest BCUT2D eigenvalue weighted by Gasteiger charge is 2.51. The molecule has 2 aliphatic heterocycles. The van der Waals surface area contributed by atoms with Crippen molar-refractivity contribution in [1.82, 2.24) is 5.06 Å². The van der Waals surface area contributed by atoms with Crippen LogP contribution in [0, 0.1) is 0 Å². The van der Waals surface area contributed by atoms with Crippen molar-refractivity contribution in [2.75, 3.05) is 31.8 Å². The molecule has 2 fully saturated rings. The van der Waals surface area contributed by atoms with Crippen LogP contribution in [0.5, 0.6) is 0 Å². The van der Waals surface area contributed by atoms with Crippen LogP contribution in [0.2, 0.25) is 0 Å². The van der Waals surface area contributed by atoms with E-state index in [1.165, 1.54) is 19.1 Å². The molecular formula is C19H35NO10S. The Balaban J connectivity index is 2.03. The molecule has 2 heterocycles. The van der Waals surface area contributed by atoms with Gasteiger partial charge in [-0.2, -0.15) is 16.8 Å². The van der Waals surface area contributed by atoms with Crippen LogP contribution in [0.1, 0.15) is 26.7 Å². The van der Waals surface area contributed by atoms with E-state index in [-0.39, 0.29) is 0 Å². The summed E-state index contributed by atoms with van der Waals surface area (Å²) in [4.78, 5) is 17.1. The average molecular weight is 470 g/mol. The van der Waals surface area contributed by atoms with Gasteiger partial charge in [-0.1, -0.05) is 6.92 Å². The Bertz CT molecular complexity index is 556. The highest BCUT2D eigenvalue weighted by atomic mass is 32.2. The normalized spacial score (nSPS) is 39.3. The van der Waals surface area contributed by atoms with Crippen LogP contribution >= 0.6 is 11.8 Å². The van der Waals surface area contributed by atoms with Gasteiger partial charge in [0.2, 0.25) is 0 Å². The highest BCUT2D eigenvalue weighted by Crippen LogP contribution is 2.29. The molecule has 0 bridgehead atoms. The molecule has 0 aliphatic carbocycles. The van der Waals surface area contributed by atoms with Gasteiger partial charge < -0.3 is 39.7 Å². The van der Waals surface area contributed by atoms with Crippen LogP contribution in [0.3, 0.4) is 0 Å². The van der Waals surface area contributed by atoms with Gasteiger partial charge >= 0.3 is 0 Å². The lowest BCUT2D eigenvalue weighted by atomic mass is 9.97. The summed E-state index contributed by atoms with van der Waals surface area (Å²) in [6, 6.07) is 0. The number of rotatable bonds is 11. The summed E-state index contributed by atoms with van der Waals surface area (Å²) in [5.41, 5.74) is 0. The van der Waals surface area contributed by atoms with E-state index in [2.05, 4.69) is 6.92 Å². The monoisotopic (exact) mass is 469 g/mol. The first kappa shape index (κ1) is 26.9. The van der Waals surface area contributed by atoms with E-state index in [1.807, 2.05) is 0 Å². The van der Waals surface area contributed by atoms with Gasteiger partial charge in [-0.3, -0.25) is 9.63 Å². The van der Waals surface area contributed by atoms with Crippen LogP contribution in [0.4, 0.5) is 0 Å². The zero-order valence-electron chi connectivity index (χ0n) is 18.1. The van der Waals surface area contributed by atoms with E-state index in [0.717, 1.165) is 24.3 Å². The van der Waals surface area contributed by atoms with Crippen LogP contribution in [-0.2, 0) is 23.8 Å². The fourth-order valence-electron chi connectivity index (χ4n) is 3.54. The fraction of sp³-hybridized carbons (Fsp3) is 0.947. The molecule has 0 aromatic heterocycles. The maximum Gasteiger partial charge on any atom is 0.192 e. The predicted molar refractivity (Wildman–Crippen MR) is 110 cm³/mol. The molecule has 9 atom stereocenters. The SMILES string of the molecule is CCCSCCCN(OC)[C@@H]1OC(CO)[C@@H](O[C@@H]2OC(C)C(=O)C(O)C2O)C(O)C1O. The maximum absolute atomic E-state index is 11.7. The Labute approximate surface area is 186 Å².